The molecule has 0 saturated carbocycles. The molecule has 2 heterocycles. The quantitative estimate of drug-likeness (QED) is 0.587. The number of hydrogen-bond donors (Lipinski definition) is 3. The summed E-state index contributed by atoms with van der Waals surface area (Å²) in [6.45, 7) is 0.528. The fraction of sp³-hybridized carbons (Fsp3) is 0.118. The maximum atomic E-state index is 10.6. The van der Waals surface area contributed by atoms with Crippen molar-refractivity contribution in [3.05, 3.63) is 53.8 Å². The van der Waals surface area contributed by atoms with Crippen LogP contribution in [0.4, 0.5) is 10.6 Å². The van der Waals surface area contributed by atoms with Crippen LogP contribution >= 0.6 is 11.6 Å². The van der Waals surface area contributed by atoms with Crippen LogP contribution in [0.5, 0.6) is 0 Å². The van der Waals surface area contributed by atoms with Crippen molar-refractivity contribution in [2.24, 2.45) is 5.73 Å². The fourth-order valence-electron chi connectivity index (χ4n) is 2.42. The van der Waals surface area contributed by atoms with Gasteiger partial charge < -0.3 is 15.8 Å². The standard InChI is InChI=1S/C17H16ClN5O2/c18-13-3-1-12(2-4-13)15-14(11-5-7-20-8-6-11)16(23-22-15)21-9-10-25-17(19)24/h1-8H,9-10H2,(H2,19,24)(H2,21,22,23). The van der Waals surface area contributed by atoms with Crippen molar-refractivity contribution >= 4 is 23.5 Å². The molecular formula is C17H16ClN5O2. The van der Waals surface area contributed by atoms with E-state index >= 15 is 0 Å². The zero-order valence-electron chi connectivity index (χ0n) is 13.2. The van der Waals surface area contributed by atoms with Crippen LogP contribution < -0.4 is 11.1 Å². The van der Waals surface area contributed by atoms with Gasteiger partial charge in [-0.25, -0.2) is 4.79 Å². The number of pyridine rings is 1. The lowest BCUT2D eigenvalue weighted by Gasteiger charge is -2.08. The maximum Gasteiger partial charge on any atom is 0.404 e. The van der Waals surface area contributed by atoms with Gasteiger partial charge in [-0.05, 0) is 29.8 Å². The second-order valence-corrected chi connectivity index (χ2v) is 5.60. The van der Waals surface area contributed by atoms with Crippen LogP contribution in [0.2, 0.25) is 5.02 Å². The van der Waals surface area contributed by atoms with Crippen LogP contribution in [-0.4, -0.2) is 34.4 Å². The van der Waals surface area contributed by atoms with E-state index in [0.29, 0.717) is 17.4 Å². The molecule has 4 N–H and O–H groups in total. The summed E-state index contributed by atoms with van der Waals surface area (Å²) in [7, 11) is 0. The van der Waals surface area contributed by atoms with Crippen molar-refractivity contribution in [3.8, 4) is 22.4 Å². The minimum absolute atomic E-state index is 0.147. The van der Waals surface area contributed by atoms with E-state index in [1.54, 1.807) is 12.4 Å². The van der Waals surface area contributed by atoms with Gasteiger partial charge in [-0.2, -0.15) is 5.10 Å². The molecule has 7 nitrogen and oxygen atoms in total. The molecule has 1 aromatic carbocycles. The molecule has 2 aromatic heterocycles. The number of hydrogen-bond acceptors (Lipinski definition) is 5. The molecule has 0 saturated heterocycles. The van der Waals surface area contributed by atoms with Gasteiger partial charge in [0, 0.05) is 23.0 Å². The number of nitrogens with one attached hydrogen (secondary N) is 2. The smallest absolute Gasteiger partial charge is 0.404 e. The molecule has 0 aliphatic carbocycles. The van der Waals surface area contributed by atoms with Gasteiger partial charge in [-0.3, -0.25) is 10.1 Å². The van der Waals surface area contributed by atoms with E-state index in [-0.39, 0.29) is 6.61 Å². The lowest BCUT2D eigenvalue weighted by molar-refractivity contribution is 0.161. The van der Waals surface area contributed by atoms with Gasteiger partial charge in [0.1, 0.15) is 6.61 Å². The molecule has 0 bridgehead atoms. The summed E-state index contributed by atoms with van der Waals surface area (Å²) in [5.74, 6) is 0.643. The summed E-state index contributed by atoms with van der Waals surface area (Å²) in [4.78, 5) is 14.7. The van der Waals surface area contributed by atoms with Crippen LogP contribution in [0.25, 0.3) is 22.4 Å². The molecule has 1 amide bonds. The second kappa shape index (κ2) is 7.67. The Labute approximate surface area is 149 Å². The number of nitrogens with two attached hydrogens (primary N) is 1. The van der Waals surface area contributed by atoms with Gasteiger partial charge in [0.15, 0.2) is 5.82 Å². The Balaban J connectivity index is 1.93. The van der Waals surface area contributed by atoms with E-state index in [4.69, 9.17) is 22.1 Å². The molecule has 0 radical (unpaired) electrons. The first-order valence-electron chi connectivity index (χ1n) is 7.56. The summed E-state index contributed by atoms with van der Waals surface area (Å²) < 4.78 is 4.73. The molecule has 0 atom stereocenters. The number of benzene rings is 1. The summed E-state index contributed by atoms with van der Waals surface area (Å²) in [6, 6.07) is 11.3. The molecule has 8 heteroatoms. The van der Waals surface area contributed by atoms with E-state index in [0.717, 1.165) is 22.4 Å². The minimum atomic E-state index is -0.806. The third-order valence-electron chi connectivity index (χ3n) is 3.51. The fourth-order valence-corrected chi connectivity index (χ4v) is 2.54. The number of aromatic nitrogens is 3. The first kappa shape index (κ1) is 16.8. The predicted molar refractivity (Wildman–Crippen MR) is 96.3 cm³/mol. The average Bonchev–Trinajstić information content (AvgIpc) is 3.04. The highest BCUT2D eigenvalue weighted by molar-refractivity contribution is 6.30. The number of aromatic amines is 1. The van der Waals surface area contributed by atoms with Crippen LogP contribution in [0.15, 0.2) is 48.8 Å². The number of rotatable bonds is 6. The van der Waals surface area contributed by atoms with Crippen molar-refractivity contribution in [3.63, 3.8) is 0 Å². The highest BCUT2D eigenvalue weighted by Gasteiger charge is 2.16. The molecule has 128 valence electrons. The van der Waals surface area contributed by atoms with Crippen LogP contribution in [-0.2, 0) is 4.74 Å². The average molecular weight is 358 g/mol. The number of carbonyl (C=O) groups is 1. The molecule has 0 unspecified atom stereocenters. The van der Waals surface area contributed by atoms with Crippen LogP contribution in [0.1, 0.15) is 0 Å². The van der Waals surface area contributed by atoms with Gasteiger partial charge >= 0.3 is 6.09 Å². The van der Waals surface area contributed by atoms with E-state index in [2.05, 4.69) is 20.5 Å². The SMILES string of the molecule is NC(=O)OCCNc1n[nH]c(-c2ccc(Cl)cc2)c1-c1ccncc1. The normalized spacial score (nSPS) is 10.4. The highest BCUT2D eigenvalue weighted by atomic mass is 35.5. The Kier molecular flexibility index (Phi) is 5.15. The number of carbonyl (C=O) groups excluding carboxylic acids is 1. The van der Waals surface area contributed by atoms with Crippen LogP contribution in [0.3, 0.4) is 0 Å². The minimum Gasteiger partial charge on any atom is -0.448 e. The lowest BCUT2D eigenvalue weighted by atomic mass is 10.0. The Hall–Kier alpha value is -3.06. The van der Waals surface area contributed by atoms with Crippen molar-refractivity contribution < 1.29 is 9.53 Å². The van der Waals surface area contributed by atoms with Gasteiger partial charge in [0.05, 0.1) is 17.8 Å². The molecular weight excluding hydrogens is 342 g/mol. The molecule has 0 aliphatic heterocycles. The Morgan fingerprint density at radius 1 is 1.16 bits per heavy atom. The van der Waals surface area contributed by atoms with Gasteiger partial charge in [0.25, 0.3) is 0 Å². The first-order valence-corrected chi connectivity index (χ1v) is 7.94. The topological polar surface area (TPSA) is 106 Å². The zero-order chi connectivity index (χ0) is 17.6. The summed E-state index contributed by atoms with van der Waals surface area (Å²) in [5, 5.41) is 11.2. The maximum absolute atomic E-state index is 10.6. The first-order chi connectivity index (χ1) is 12.1. The van der Waals surface area contributed by atoms with Crippen molar-refractivity contribution in [1.29, 1.82) is 0 Å². The second-order valence-electron chi connectivity index (χ2n) is 5.16. The lowest BCUT2D eigenvalue weighted by Crippen LogP contribution is -2.18. The third kappa shape index (κ3) is 4.07. The van der Waals surface area contributed by atoms with Crippen molar-refractivity contribution in [2.45, 2.75) is 0 Å². The van der Waals surface area contributed by atoms with E-state index in [1.165, 1.54) is 0 Å². The molecule has 0 fully saturated rings. The molecule has 3 rings (SSSR count). The highest BCUT2D eigenvalue weighted by Crippen LogP contribution is 2.36. The number of anilines is 1. The number of ether oxygens (including phenoxy) is 1. The summed E-state index contributed by atoms with van der Waals surface area (Å²) in [6.07, 6.45) is 2.63. The number of amides is 1. The van der Waals surface area contributed by atoms with E-state index in [9.17, 15) is 4.79 Å². The monoisotopic (exact) mass is 357 g/mol. The summed E-state index contributed by atoms with van der Waals surface area (Å²) in [5.41, 5.74) is 8.60. The summed E-state index contributed by atoms with van der Waals surface area (Å²) >= 11 is 5.97. The molecule has 25 heavy (non-hydrogen) atoms. The van der Waals surface area contributed by atoms with Gasteiger partial charge in [0.2, 0.25) is 0 Å². The van der Waals surface area contributed by atoms with E-state index in [1.807, 2.05) is 36.4 Å². The number of primary amides is 1. The van der Waals surface area contributed by atoms with Gasteiger partial charge in [-0.1, -0.05) is 23.7 Å². The number of halogens is 1. The zero-order valence-corrected chi connectivity index (χ0v) is 14.0. The number of nitrogens with zero attached hydrogens (tertiary/aromatic N) is 2. The van der Waals surface area contributed by atoms with E-state index < -0.39 is 6.09 Å². The van der Waals surface area contributed by atoms with Crippen molar-refractivity contribution in [1.82, 2.24) is 15.2 Å². The van der Waals surface area contributed by atoms with Gasteiger partial charge in [-0.15, -0.1) is 0 Å². The predicted octanol–water partition coefficient (Wildman–Crippen LogP) is 3.30. The molecule has 3 aromatic rings. The molecule has 0 spiro atoms. The van der Waals surface area contributed by atoms with Crippen LogP contribution in [0, 0.1) is 0 Å². The van der Waals surface area contributed by atoms with Crippen molar-refractivity contribution in [2.75, 3.05) is 18.5 Å². The Morgan fingerprint density at radius 2 is 1.88 bits per heavy atom. The largest absolute Gasteiger partial charge is 0.448 e. The Morgan fingerprint density at radius 3 is 2.56 bits per heavy atom. The Bertz CT molecular complexity index is 849. The molecule has 0 aliphatic rings. The third-order valence-corrected chi connectivity index (χ3v) is 3.76. The number of H-pyrrole nitrogens is 1.